The molecule has 0 radical (unpaired) electrons. The number of methoxy groups -OCH3 is 1. The molecule has 0 aromatic carbocycles. The lowest BCUT2D eigenvalue weighted by molar-refractivity contribution is -0.119. The number of pyridine rings is 1. The SMILES string of the molecule is CO[C@H]1C[C@@H](C(N)=O)N(c2cc(C)nc(-c3ccncc3)n2)C1. The molecule has 2 aromatic heterocycles. The highest BCUT2D eigenvalue weighted by Crippen LogP contribution is 2.27. The number of carbonyl (C=O) groups is 1. The van der Waals surface area contributed by atoms with Gasteiger partial charge in [0.05, 0.1) is 6.10 Å². The summed E-state index contributed by atoms with van der Waals surface area (Å²) in [4.78, 5) is 26.7. The number of amides is 1. The summed E-state index contributed by atoms with van der Waals surface area (Å²) >= 11 is 0. The van der Waals surface area contributed by atoms with Gasteiger partial charge in [0.15, 0.2) is 5.82 Å². The molecule has 2 atom stereocenters. The third kappa shape index (κ3) is 3.14. The Bertz CT molecular complexity index is 707. The van der Waals surface area contributed by atoms with Crippen molar-refractivity contribution in [2.75, 3.05) is 18.6 Å². The molecule has 1 aliphatic heterocycles. The first-order valence-electron chi connectivity index (χ1n) is 7.43. The van der Waals surface area contributed by atoms with Crippen molar-refractivity contribution < 1.29 is 9.53 Å². The molecule has 1 fully saturated rings. The first kappa shape index (κ1) is 15.4. The van der Waals surface area contributed by atoms with Crippen molar-refractivity contribution in [1.82, 2.24) is 15.0 Å². The molecule has 0 saturated carbocycles. The quantitative estimate of drug-likeness (QED) is 0.902. The van der Waals surface area contributed by atoms with Crippen LogP contribution in [0, 0.1) is 6.92 Å². The number of aromatic nitrogens is 3. The Balaban J connectivity index is 1.99. The zero-order chi connectivity index (χ0) is 16.4. The van der Waals surface area contributed by atoms with E-state index >= 15 is 0 Å². The summed E-state index contributed by atoms with van der Waals surface area (Å²) in [5.41, 5.74) is 7.24. The van der Waals surface area contributed by atoms with Gasteiger partial charge in [0.25, 0.3) is 0 Å². The van der Waals surface area contributed by atoms with Crippen LogP contribution in [-0.4, -0.2) is 46.7 Å². The molecule has 0 aliphatic carbocycles. The van der Waals surface area contributed by atoms with E-state index in [9.17, 15) is 4.79 Å². The summed E-state index contributed by atoms with van der Waals surface area (Å²) < 4.78 is 5.39. The van der Waals surface area contributed by atoms with E-state index in [-0.39, 0.29) is 12.0 Å². The van der Waals surface area contributed by atoms with Crippen molar-refractivity contribution in [2.24, 2.45) is 5.73 Å². The van der Waals surface area contributed by atoms with Crippen LogP contribution < -0.4 is 10.6 Å². The molecule has 7 heteroatoms. The Hall–Kier alpha value is -2.54. The summed E-state index contributed by atoms with van der Waals surface area (Å²) in [6.45, 7) is 2.48. The van der Waals surface area contributed by atoms with Crippen LogP contribution in [0.2, 0.25) is 0 Å². The van der Waals surface area contributed by atoms with E-state index in [2.05, 4.69) is 15.0 Å². The predicted molar refractivity (Wildman–Crippen MR) is 85.7 cm³/mol. The number of nitrogens with zero attached hydrogens (tertiary/aromatic N) is 4. The van der Waals surface area contributed by atoms with Gasteiger partial charge in [-0.25, -0.2) is 9.97 Å². The van der Waals surface area contributed by atoms with Crippen LogP contribution in [0.25, 0.3) is 11.4 Å². The fraction of sp³-hybridized carbons (Fsp3) is 0.375. The van der Waals surface area contributed by atoms with Gasteiger partial charge in [0.2, 0.25) is 5.91 Å². The minimum Gasteiger partial charge on any atom is -0.380 e. The van der Waals surface area contributed by atoms with Gasteiger partial charge in [0, 0.05) is 49.8 Å². The first-order chi connectivity index (χ1) is 11.1. The molecule has 1 amide bonds. The second-order valence-corrected chi connectivity index (χ2v) is 5.59. The van der Waals surface area contributed by atoms with E-state index in [1.165, 1.54) is 0 Å². The Morgan fingerprint density at radius 1 is 1.35 bits per heavy atom. The van der Waals surface area contributed by atoms with E-state index in [1.807, 2.05) is 30.0 Å². The highest BCUT2D eigenvalue weighted by molar-refractivity contribution is 5.84. The molecular weight excluding hydrogens is 294 g/mol. The highest BCUT2D eigenvalue weighted by Gasteiger charge is 2.36. The lowest BCUT2D eigenvalue weighted by Gasteiger charge is -2.23. The van der Waals surface area contributed by atoms with E-state index in [0.29, 0.717) is 24.6 Å². The van der Waals surface area contributed by atoms with Crippen molar-refractivity contribution in [2.45, 2.75) is 25.5 Å². The van der Waals surface area contributed by atoms with Crippen molar-refractivity contribution in [3.63, 3.8) is 0 Å². The third-order valence-electron chi connectivity index (χ3n) is 4.00. The van der Waals surface area contributed by atoms with E-state index in [0.717, 1.165) is 11.3 Å². The Kier molecular flexibility index (Phi) is 4.20. The topological polar surface area (TPSA) is 94.2 Å². The fourth-order valence-electron chi connectivity index (χ4n) is 2.82. The minimum atomic E-state index is -0.417. The zero-order valence-corrected chi connectivity index (χ0v) is 13.1. The van der Waals surface area contributed by atoms with Crippen molar-refractivity contribution >= 4 is 11.7 Å². The van der Waals surface area contributed by atoms with Crippen LogP contribution in [0.5, 0.6) is 0 Å². The Morgan fingerprint density at radius 2 is 2.09 bits per heavy atom. The first-order valence-corrected chi connectivity index (χ1v) is 7.43. The highest BCUT2D eigenvalue weighted by atomic mass is 16.5. The van der Waals surface area contributed by atoms with Gasteiger partial charge >= 0.3 is 0 Å². The Labute approximate surface area is 134 Å². The normalized spacial score (nSPS) is 20.7. The molecule has 3 heterocycles. The van der Waals surface area contributed by atoms with Gasteiger partial charge in [-0.05, 0) is 19.1 Å². The summed E-state index contributed by atoms with van der Waals surface area (Å²) in [5.74, 6) is 0.922. The molecule has 2 N–H and O–H groups in total. The van der Waals surface area contributed by atoms with Gasteiger partial charge in [-0.3, -0.25) is 9.78 Å². The number of anilines is 1. The van der Waals surface area contributed by atoms with Crippen molar-refractivity contribution in [1.29, 1.82) is 0 Å². The molecule has 2 aromatic rings. The number of primary amides is 1. The maximum Gasteiger partial charge on any atom is 0.240 e. The summed E-state index contributed by atoms with van der Waals surface area (Å²) in [6, 6.07) is 5.15. The summed E-state index contributed by atoms with van der Waals surface area (Å²) in [7, 11) is 1.64. The van der Waals surface area contributed by atoms with Crippen LogP contribution >= 0.6 is 0 Å². The standard InChI is InChI=1S/C16H19N5O2/c1-10-7-14(20-16(19-10)11-3-5-18-6-4-11)21-9-12(23-2)8-13(21)15(17)22/h3-7,12-13H,8-9H2,1-2H3,(H2,17,22)/t12-,13-/m0/s1. The average Bonchev–Trinajstić information content (AvgIpc) is 3.00. The average molecular weight is 313 g/mol. The molecule has 23 heavy (non-hydrogen) atoms. The van der Waals surface area contributed by atoms with Crippen molar-refractivity contribution in [3.05, 3.63) is 36.3 Å². The largest absolute Gasteiger partial charge is 0.380 e. The zero-order valence-electron chi connectivity index (χ0n) is 13.1. The number of hydrogen-bond acceptors (Lipinski definition) is 6. The van der Waals surface area contributed by atoms with Crippen LogP contribution in [0.15, 0.2) is 30.6 Å². The maximum absolute atomic E-state index is 11.8. The smallest absolute Gasteiger partial charge is 0.240 e. The second-order valence-electron chi connectivity index (χ2n) is 5.59. The number of ether oxygens (including phenoxy) is 1. The number of hydrogen-bond donors (Lipinski definition) is 1. The van der Waals surface area contributed by atoms with Crippen LogP contribution in [0.1, 0.15) is 12.1 Å². The predicted octanol–water partition coefficient (Wildman–Crippen LogP) is 0.926. The van der Waals surface area contributed by atoms with Gasteiger partial charge in [-0.1, -0.05) is 0 Å². The molecule has 7 nitrogen and oxygen atoms in total. The molecule has 1 saturated heterocycles. The van der Waals surface area contributed by atoms with Crippen LogP contribution in [0.3, 0.4) is 0 Å². The lowest BCUT2D eigenvalue weighted by Crippen LogP contribution is -2.40. The number of aryl methyl sites for hydroxylation is 1. The minimum absolute atomic E-state index is 0.0350. The van der Waals surface area contributed by atoms with E-state index in [4.69, 9.17) is 10.5 Å². The number of nitrogens with two attached hydrogens (primary N) is 1. The van der Waals surface area contributed by atoms with E-state index < -0.39 is 6.04 Å². The third-order valence-corrected chi connectivity index (χ3v) is 4.00. The Morgan fingerprint density at radius 3 is 2.74 bits per heavy atom. The fourth-order valence-corrected chi connectivity index (χ4v) is 2.82. The number of rotatable bonds is 4. The van der Waals surface area contributed by atoms with Gasteiger partial charge in [-0.15, -0.1) is 0 Å². The van der Waals surface area contributed by atoms with Crippen LogP contribution in [0.4, 0.5) is 5.82 Å². The molecular formula is C16H19N5O2. The lowest BCUT2D eigenvalue weighted by atomic mass is 10.2. The van der Waals surface area contributed by atoms with E-state index in [1.54, 1.807) is 19.5 Å². The van der Waals surface area contributed by atoms with Gasteiger partial charge < -0.3 is 15.4 Å². The monoisotopic (exact) mass is 313 g/mol. The molecule has 120 valence electrons. The van der Waals surface area contributed by atoms with Gasteiger partial charge in [0.1, 0.15) is 11.9 Å². The summed E-state index contributed by atoms with van der Waals surface area (Å²) in [6.07, 6.45) is 3.93. The number of carbonyl (C=O) groups excluding carboxylic acids is 1. The molecule has 0 spiro atoms. The van der Waals surface area contributed by atoms with Gasteiger partial charge in [-0.2, -0.15) is 0 Å². The maximum atomic E-state index is 11.8. The molecule has 3 rings (SSSR count). The molecule has 1 aliphatic rings. The second kappa shape index (κ2) is 6.29. The summed E-state index contributed by atoms with van der Waals surface area (Å²) in [5, 5.41) is 0. The molecule has 0 unspecified atom stereocenters. The van der Waals surface area contributed by atoms with Crippen LogP contribution in [-0.2, 0) is 9.53 Å². The van der Waals surface area contributed by atoms with Crippen molar-refractivity contribution in [3.8, 4) is 11.4 Å². The molecule has 0 bridgehead atoms.